The van der Waals surface area contributed by atoms with E-state index in [9.17, 15) is 0 Å². The SMILES string of the molecule is CC1=S=C(N2CCCC2)SC1=S. The molecule has 0 aliphatic carbocycles. The van der Waals surface area contributed by atoms with E-state index >= 15 is 0 Å². The van der Waals surface area contributed by atoms with Gasteiger partial charge < -0.3 is 0 Å². The maximum Gasteiger partial charge on any atom is 0.111 e. The Morgan fingerprint density at radius 1 is 1.33 bits per heavy atom. The molecule has 0 amide bonds. The van der Waals surface area contributed by atoms with Gasteiger partial charge >= 0.3 is 0 Å². The van der Waals surface area contributed by atoms with Gasteiger partial charge in [0, 0.05) is 18.0 Å². The molecule has 1 nitrogen and oxygen atoms in total. The maximum absolute atomic E-state index is 5.21. The van der Waals surface area contributed by atoms with Crippen molar-refractivity contribution in [1.82, 2.24) is 4.90 Å². The van der Waals surface area contributed by atoms with E-state index in [1.54, 1.807) is 11.8 Å². The van der Waals surface area contributed by atoms with Gasteiger partial charge in [0.2, 0.25) is 0 Å². The second-order valence-electron chi connectivity index (χ2n) is 3.01. The maximum atomic E-state index is 5.21. The van der Waals surface area contributed by atoms with Gasteiger partial charge in [-0.05, 0) is 19.8 Å². The fourth-order valence-electron chi connectivity index (χ4n) is 1.37. The van der Waals surface area contributed by atoms with Crippen molar-refractivity contribution in [3.8, 4) is 0 Å². The topological polar surface area (TPSA) is 3.24 Å². The molecule has 66 valence electrons. The average Bonchev–Trinajstić information content (AvgIpc) is 2.61. The number of nitrogens with zero attached hydrogens (tertiary/aromatic N) is 1. The summed E-state index contributed by atoms with van der Waals surface area (Å²) in [5, 5.41) is 0. The standard InChI is InChI=1S/C8H11NS3/c1-6-7(10)12-8(11-6)9-4-2-3-5-9/h2-5H2,1H3. The molecule has 2 rings (SSSR count). The summed E-state index contributed by atoms with van der Waals surface area (Å²) in [6.45, 7) is 4.57. The third kappa shape index (κ3) is 1.66. The average molecular weight is 217 g/mol. The van der Waals surface area contributed by atoms with Crippen LogP contribution < -0.4 is 0 Å². The van der Waals surface area contributed by atoms with Gasteiger partial charge in [-0.1, -0.05) is 24.0 Å². The first-order valence-corrected chi connectivity index (χ1v) is 6.17. The minimum absolute atomic E-state index is 1.07. The van der Waals surface area contributed by atoms with E-state index in [-0.39, 0.29) is 0 Å². The van der Waals surface area contributed by atoms with Gasteiger partial charge in [0.1, 0.15) is 4.32 Å². The Balaban J connectivity index is 2.16. The highest BCUT2D eigenvalue weighted by Crippen LogP contribution is 2.24. The molecule has 2 heterocycles. The Kier molecular flexibility index (Phi) is 2.69. The van der Waals surface area contributed by atoms with Crippen molar-refractivity contribution < 1.29 is 0 Å². The van der Waals surface area contributed by atoms with Gasteiger partial charge in [-0.25, -0.2) is 0 Å². The predicted molar refractivity (Wildman–Crippen MR) is 64.3 cm³/mol. The third-order valence-electron chi connectivity index (χ3n) is 2.07. The molecule has 0 aromatic heterocycles. The zero-order chi connectivity index (χ0) is 8.55. The van der Waals surface area contributed by atoms with Crippen molar-refractivity contribution in [3.05, 3.63) is 0 Å². The van der Waals surface area contributed by atoms with Crippen LogP contribution in [0.3, 0.4) is 0 Å². The largest absolute Gasteiger partial charge is 0.261 e. The molecule has 2 aliphatic heterocycles. The van der Waals surface area contributed by atoms with E-state index in [1.165, 1.54) is 35.1 Å². The molecule has 0 radical (unpaired) electrons. The smallest absolute Gasteiger partial charge is 0.111 e. The normalized spacial score (nSPS) is 25.2. The summed E-state index contributed by atoms with van der Waals surface area (Å²) in [6.07, 6.45) is 2.69. The van der Waals surface area contributed by atoms with Crippen LogP contribution >= 0.6 is 34.9 Å². The van der Waals surface area contributed by atoms with E-state index in [0.29, 0.717) is 0 Å². The fourth-order valence-corrected chi connectivity index (χ4v) is 4.21. The first-order valence-electron chi connectivity index (χ1n) is 4.13. The second-order valence-corrected chi connectivity index (χ2v) is 6.14. The van der Waals surface area contributed by atoms with Gasteiger partial charge in [0.15, 0.2) is 0 Å². The Labute approximate surface area is 86.1 Å². The lowest BCUT2D eigenvalue weighted by atomic mass is 10.4. The lowest BCUT2D eigenvalue weighted by Gasteiger charge is -2.12. The minimum Gasteiger partial charge on any atom is -0.261 e. The summed E-state index contributed by atoms with van der Waals surface area (Å²) in [7, 11) is 1.85. The number of hydrogen-bond acceptors (Lipinski definition) is 3. The van der Waals surface area contributed by atoms with Crippen LogP contribution in [0.15, 0.2) is 0 Å². The van der Waals surface area contributed by atoms with Crippen molar-refractivity contribution in [2.24, 2.45) is 0 Å². The quantitative estimate of drug-likeness (QED) is 0.573. The molecule has 0 aromatic rings. The van der Waals surface area contributed by atoms with Crippen LogP contribution in [0.1, 0.15) is 19.8 Å². The molecule has 0 atom stereocenters. The van der Waals surface area contributed by atoms with Crippen LogP contribution in [0.2, 0.25) is 0 Å². The molecule has 0 saturated carbocycles. The molecule has 0 N–H and O–H groups in total. The molecule has 0 unspecified atom stereocenters. The van der Waals surface area contributed by atoms with Crippen molar-refractivity contribution in [1.29, 1.82) is 0 Å². The molecule has 0 spiro atoms. The molecular weight excluding hydrogens is 206 g/mol. The van der Waals surface area contributed by atoms with Gasteiger partial charge in [0.25, 0.3) is 0 Å². The van der Waals surface area contributed by atoms with E-state index in [2.05, 4.69) is 11.8 Å². The van der Waals surface area contributed by atoms with Crippen LogP contribution in [0.25, 0.3) is 0 Å². The highest BCUT2D eigenvalue weighted by molar-refractivity contribution is 8.46. The molecular formula is C8H11NS3. The van der Waals surface area contributed by atoms with Crippen molar-refractivity contribution in [2.45, 2.75) is 19.8 Å². The van der Waals surface area contributed by atoms with E-state index < -0.39 is 0 Å². The molecule has 0 bridgehead atoms. The van der Waals surface area contributed by atoms with Gasteiger partial charge in [-0.2, -0.15) is 0 Å². The summed E-state index contributed by atoms with van der Waals surface area (Å²) in [4.78, 5) is 3.76. The fraction of sp³-hybridized carbons (Fsp3) is 0.625. The van der Waals surface area contributed by atoms with Crippen LogP contribution in [0.5, 0.6) is 0 Å². The van der Waals surface area contributed by atoms with Crippen LogP contribution in [0, 0.1) is 0 Å². The summed E-state index contributed by atoms with van der Waals surface area (Å²) in [5.74, 6) is 0. The molecule has 4 heteroatoms. The highest BCUT2D eigenvalue weighted by atomic mass is 32.2. The molecule has 1 saturated heterocycles. The van der Waals surface area contributed by atoms with Crippen molar-refractivity contribution >= 4 is 48.3 Å². The highest BCUT2D eigenvalue weighted by Gasteiger charge is 2.21. The predicted octanol–water partition coefficient (Wildman–Crippen LogP) is 2.17. The zero-order valence-electron chi connectivity index (χ0n) is 7.00. The lowest BCUT2D eigenvalue weighted by Crippen LogP contribution is -2.23. The summed E-state index contributed by atoms with van der Waals surface area (Å²) < 4.78 is 2.48. The number of hydrogen-bond donors (Lipinski definition) is 0. The Morgan fingerprint density at radius 2 is 2.00 bits per heavy atom. The molecule has 0 aromatic carbocycles. The number of thiocarbonyl (C=S) groups is 1. The first-order chi connectivity index (χ1) is 5.77. The van der Waals surface area contributed by atoms with Crippen molar-refractivity contribution in [3.63, 3.8) is 0 Å². The molecule has 1 fully saturated rings. The Morgan fingerprint density at radius 3 is 2.50 bits per heavy atom. The molecule has 12 heavy (non-hydrogen) atoms. The number of likely N-dealkylation sites (tertiary alicyclic amines) is 1. The molecule has 2 aliphatic rings. The van der Waals surface area contributed by atoms with Gasteiger partial charge in [0.05, 0.1) is 4.20 Å². The van der Waals surface area contributed by atoms with Crippen LogP contribution in [-0.4, -0.2) is 31.4 Å². The third-order valence-corrected chi connectivity index (χ3v) is 5.25. The van der Waals surface area contributed by atoms with Gasteiger partial charge in [-0.3, -0.25) is 4.90 Å². The Bertz CT molecular complexity index is 283. The zero-order valence-corrected chi connectivity index (χ0v) is 9.45. The van der Waals surface area contributed by atoms with E-state index in [4.69, 9.17) is 12.2 Å². The van der Waals surface area contributed by atoms with E-state index in [0.717, 1.165) is 4.20 Å². The number of rotatable bonds is 0. The summed E-state index contributed by atoms with van der Waals surface area (Å²) in [5.41, 5.74) is 0. The monoisotopic (exact) mass is 217 g/mol. The summed E-state index contributed by atoms with van der Waals surface area (Å²) >= 11 is 6.98. The van der Waals surface area contributed by atoms with Crippen LogP contribution in [0.4, 0.5) is 0 Å². The summed E-state index contributed by atoms with van der Waals surface area (Å²) in [6, 6.07) is 0. The number of thioether (sulfide) groups is 1. The Hall–Kier alpha value is 0.360. The lowest BCUT2D eigenvalue weighted by molar-refractivity contribution is 0.539. The minimum atomic E-state index is 1.07. The van der Waals surface area contributed by atoms with Crippen molar-refractivity contribution in [2.75, 3.05) is 13.1 Å². The van der Waals surface area contributed by atoms with Gasteiger partial charge in [-0.15, -0.1) is 10.9 Å². The second kappa shape index (κ2) is 3.62. The first kappa shape index (κ1) is 8.94. The van der Waals surface area contributed by atoms with E-state index in [1.807, 2.05) is 10.9 Å². The van der Waals surface area contributed by atoms with Crippen LogP contribution in [-0.2, 0) is 0 Å².